The number of sulfonamides is 1. The number of nitrogens with zero attached hydrogens (tertiary/aromatic N) is 2. The van der Waals surface area contributed by atoms with Crippen molar-refractivity contribution in [1.29, 1.82) is 0 Å². The number of pyridine rings is 1. The number of fused-ring (bicyclic) bond motifs is 1. The average Bonchev–Trinajstić information content (AvgIpc) is 3.56. The van der Waals surface area contributed by atoms with Crippen LogP contribution < -0.4 is 5.32 Å². The van der Waals surface area contributed by atoms with Crippen molar-refractivity contribution >= 4 is 15.8 Å². The maximum absolute atomic E-state index is 13.2. The van der Waals surface area contributed by atoms with Crippen molar-refractivity contribution in [3.05, 3.63) is 18.3 Å². The van der Waals surface area contributed by atoms with Gasteiger partial charge in [0.25, 0.3) is 0 Å². The molecular weight excluding hydrogens is 386 g/mol. The third-order valence-electron chi connectivity index (χ3n) is 7.96. The fourth-order valence-electron chi connectivity index (χ4n) is 5.99. The third kappa shape index (κ3) is 3.39. The average molecular weight is 420 g/mol. The fourth-order valence-corrected chi connectivity index (χ4v) is 7.70. The lowest BCUT2D eigenvalue weighted by Gasteiger charge is -2.37. The van der Waals surface area contributed by atoms with Crippen molar-refractivity contribution in [2.45, 2.75) is 63.3 Å². The van der Waals surface area contributed by atoms with Gasteiger partial charge in [0.05, 0.1) is 6.61 Å². The van der Waals surface area contributed by atoms with Gasteiger partial charge < -0.3 is 10.1 Å². The summed E-state index contributed by atoms with van der Waals surface area (Å²) in [6.45, 7) is 6.53. The summed E-state index contributed by atoms with van der Waals surface area (Å²) in [7, 11) is -3.57. The lowest BCUT2D eigenvalue weighted by atomic mass is 9.70. The Morgan fingerprint density at radius 3 is 2.66 bits per heavy atom. The first kappa shape index (κ1) is 19.8. The molecule has 1 aromatic heterocycles. The Morgan fingerprint density at radius 1 is 1.24 bits per heavy atom. The lowest BCUT2D eigenvalue weighted by molar-refractivity contribution is 0.147. The van der Waals surface area contributed by atoms with E-state index in [4.69, 9.17) is 4.74 Å². The maximum Gasteiger partial charge on any atom is 0.244 e. The van der Waals surface area contributed by atoms with Crippen LogP contribution in [0, 0.1) is 22.7 Å². The largest absolute Gasteiger partial charge is 0.380 e. The Bertz CT molecular complexity index is 858. The standard InChI is InChI=1S/C22H33N3O3S/c1-16(2)19-5-9-28-10-8-25(19)29(26,27)18-3-4-20(24-14-18)23-13-17-11-22(12-17)15-21(22)6-7-21/h3-4,14,16-17,19H,5-13,15H2,1-2H3,(H,23,24). The highest BCUT2D eigenvalue weighted by Gasteiger charge is 2.76. The highest BCUT2D eigenvalue weighted by atomic mass is 32.2. The van der Waals surface area contributed by atoms with Gasteiger partial charge in [0.2, 0.25) is 10.0 Å². The molecule has 2 heterocycles. The number of hydrogen-bond donors (Lipinski definition) is 1. The number of rotatable bonds is 6. The Hall–Kier alpha value is -1.18. The van der Waals surface area contributed by atoms with E-state index in [-0.39, 0.29) is 16.9 Å². The topological polar surface area (TPSA) is 71.5 Å². The van der Waals surface area contributed by atoms with Crippen LogP contribution >= 0.6 is 0 Å². The zero-order valence-corrected chi connectivity index (χ0v) is 18.4. The molecule has 2 spiro atoms. The molecule has 7 heteroatoms. The van der Waals surface area contributed by atoms with Crippen molar-refractivity contribution in [2.75, 3.05) is 31.6 Å². The van der Waals surface area contributed by atoms with Gasteiger partial charge in [0.1, 0.15) is 10.7 Å². The van der Waals surface area contributed by atoms with Crippen LogP contribution in [0.1, 0.15) is 52.4 Å². The van der Waals surface area contributed by atoms with Gasteiger partial charge in [-0.25, -0.2) is 13.4 Å². The summed E-state index contributed by atoms with van der Waals surface area (Å²) < 4.78 is 33.6. The number of nitrogens with one attached hydrogen (secondary N) is 1. The Balaban J connectivity index is 1.20. The van der Waals surface area contributed by atoms with Crippen molar-refractivity contribution in [1.82, 2.24) is 9.29 Å². The van der Waals surface area contributed by atoms with Crippen LogP contribution in [-0.2, 0) is 14.8 Å². The van der Waals surface area contributed by atoms with Crippen molar-refractivity contribution in [3.63, 3.8) is 0 Å². The SMILES string of the molecule is CC(C)C1CCOCCN1S(=O)(=O)c1ccc(NCC2CC3(C2)CC32CC2)nc1. The van der Waals surface area contributed by atoms with E-state index in [1.165, 1.54) is 38.3 Å². The number of anilines is 1. The fraction of sp³-hybridized carbons (Fsp3) is 0.773. The van der Waals surface area contributed by atoms with E-state index in [0.29, 0.717) is 25.2 Å². The second kappa shape index (κ2) is 6.92. The number of ether oxygens (including phenoxy) is 1. The Morgan fingerprint density at radius 2 is 2.03 bits per heavy atom. The summed E-state index contributed by atoms with van der Waals surface area (Å²) >= 11 is 0. The normalized spacial score (nSPS) is 33.5. The summed E-state index contributed by atoms with van der Waals surface area (Å²) in [5.74, 6) is 1.75. The van der Waals surface area contributed by atoms with Crippen LogP contribution in [0.4, 0.5) is 5.82 Å². The molecular formula is C22H33N3O3S. The minimum absolute atomic E-state index is 0.0385. The lowest BCUT2D eigenvalue weighted by Crippen LogP contribution is -2.43. The molecule has 0 radical (unpaired) electrons. The van der Waals surface area contributed by atoms with Gasteiger partial charge in [-0.05, 0) is 73.3 Å². The van der Waals surface area contributed by atoms with Gasteiger partial charge in [-0.15, -0.1) is 0 Å². The molecule has 29 heavy (non-hydrogen) atoms. The molecule has 160 valence electrons. The first-order valence-corrected chi connectivity index (χ1v) is 12.6. The van der Waals surface area contributed by atoms with Gasteiger partial charge >= 0.3 is 0 Å². The predicted molar refractivity (Wildman–Crippen MR) is 112 cm³/mol. The minimum atomic E-state index is -3.57. The van der Waals surface area contributed by atoms with Gasteiger partial charge in [-0.3, -0.25) is 0 Å². The van der Waals surface area contributed by atoms with Gasteiger partial charge in [-0.1, -0.05) is 13.8 Å². The minimum Gasteiger partial charge on any atom is -0.380 e. The third-order valence-corrected chi connectivity index (χ3v) is 9.87. The molecule has 4 aliphatic rings. The zero-order chi connectivity index (χ0) is 20.3. The van der Waals surface area contributed by atoms with Crippen LogP contribution in [0.2, 0.25) is 0 Å². The monoisotopic (exact) mass is 419 g/mol. The molecule has 4 fully saturated rings. The predicted octanol–water partition coefficient (Wildman–Crippen LogP) is 3.51. The molecule has 3 aliphatic carbocycles. The summed E-state index contributed by atoms with van der Waals surface area (Å²) in [6.07, 6.45) is 9.36. The first-order valence-electron chi connectivity index (χ1n) is 11.1. The van der Waals surface area contributed by atoms with Crippen molar-refractivity contribution in [3.8, 4) is 0 Å². The van der Waals surface area contributed by atoms with E-state index in [0.717, 1.165) is 30.1 Å². The molecule has 0 aromatic carbocycles. The van der Waals surface area contributed by atoms with E-state index in [1.807, 2.05) is 0 Å². The van der Waals surface area contributed by atoms with E-state index >= 15 is 0 Å². The molecule has 1 unspecified atom stereocenters. The van der Waals surface area contributed by atoms with Crippen LogP contribution in [0.25, 0.3) is 0 Å². The van der Waals surface area contributed by atoms with Gasteiger partial charge in [0.15, 0.2) is 0 Å². The molecule has 5 rings (SSSR count). The van der Waals surface area contributed by atoms with Gasteiger partial charge in [-0.2, -0.15) is 4.31 Å². The van der Waals surface area contributed by atoms with E-state index in [2.05, 4.69) is 24.1 Å². The van der Waals surface area contributed by atoms with Crippen molar-refractivity contribution < 1.29 is 13.2 Å². The second-order valence-electron chi connectivity index (χ2n) is 10.1. The summed E-state index contributed by atoms with van der Waals surface area (Å²) in [4.78, 5) is 4.68. The van der Waals surface area contributed by atoms with Crippen LogP contribution in [-0.4, -0.2) is 50.1 Å². The first-order chi connectivity index (χ1) is 13.9. The zero-order valence-electron chi connectivity index (χ0n) is 17.6. The van der Waals surface area contributed by atoms with Crippen LogP contribution in [0.5, 0.6) is 0 Å². The maximum atomic E-state index is 13.2. The van der Waals surface area contributed by atoms with Crippen LogP contribution in [0.15, 0.2) is 23.2 Å². The van der Waals surface area contributed by atoms with Crippen LogP contribution in [0.3, 0.4) is 0 Å². The van der Waals surface area contributed by atoms with E-state index in [1.54, 1.807) is 16.4 Å². The van der Waals surface area contributed by atoms with E-state index in [9.17, 15) is 8.42 Å². The molecule has 1 aliphatic heterocycles. The molecule has 1 atom stereocenters. The molecule has 6 nitrogen and oxygen atoms in total. The van der Waals surface area contributed by atoms with E-state index < -0.39 is 10.0 Å². The molecule has 1 N–H and O–H groups in total. The number of hydrogen-bond acceptors (Lipinski definition) is 5. The highest BCUT2D eigenvalue weighted by Crippen LogP contribution is 2.86. The summed E-state index contributed by atoms with van der Waals surface area (Å²) in [5.41, 5.74) is 1.50. The number of aromatic nitrogens is 1. The molecule has 0 bridgehead atoms. The Kier molecular flexibility index (Phi) is 4.72. The van der Waals surface area contributed by atoms with Crippen molar-refractivity contribution in [2.24, 2.45) is 22.7 Å². The highest BCUT2D eigenvalue weighted by molar-refractivity contribution is 7.89. The van der Waals surface area contributed by atoms with Gasteiger partial charge in [0, 0.05) is 31.9 Å². The quantitative estimate of drug-likeness (QED) is 0.764. The smallest absolute Gasteiger partial charge is 0.244 e. The Labute approximate surface area is 174 Å². The molecule has 1 saturated heterocycles. The molecule has 0 amide bonds. The summed E-state index contributed by atoms with van der Waals surface area (Å²) in [6, 6.07) is 3.46. The molecule has 1 aromatic rings. The summed E-state index contributed by atoms with van der Waals surface area (Å²) in [5, 5.41) is 3.42. The second-order valence-corrected chi connectivity index (χ2v) is 12.0. The molecule has 3 saturated carbocycles.